The van der Waals surface area contributed by atoms with Gasteiger partial charge in [0, 0.05) is 30.8 Å². The Labute approximate surface area is 122 Å². The molecule has 0 saturated carbocycles. The summed E-state index contributed by atoms with van der Waals surface area (Å²) in [6.45, 7) is 3.33. The molecule has 1 aromatic heterocycles. The first-order valence-corrected chi connectivity index (χ1v) is 7.06. The van der Waals surface area contributed by atoms with Crippen molar-refractivity contribution in [2.75, 3.05) is 6.54 Å². The Kier molecular flexibility index (Phi) is 4.43. The number of rotatable bonds is 4. The molecule has 3 nitrogen and oxygen atoms in total. The maximum absolute atomic E-state index is 12.5. The van der Waals surface area contributed by atoms with Gasteiger partial charge in [0.2, 0.25) is 0 Å². The van der Waals surface area contributed by atoms with Crippen molar-refractivity contribution in [1.29, 1.82) is 0 Å². The zero-order valence-corrected chi connectivity index (χ0v) is 12.7. The van der Waals surface area contributed by atoms with Crippen LogP contribution in [0.3, 0.4) is 0 Å². The van der Waals surface area contributed by atoms with Crippen molar-refractivity contribution in [2.24, 2.45) is 7.05 Å². The number of aryl methyl sites for hydroxylation is 1. The van der Waals surface area contributed by atoms with Gasteiger partial charge in [0.15, 0.2) is 0 Å². The third-order valence-corrected chi connectivity index (χ3v) is 3.51. The van der Waals surface area contributed by atoms with Gasteiger partial charge in [-0.3, -0.25) is 4.79 Å². The summed E-state index contributed by atoms with van der Waals surface area (Å²) in [6, 6.07) is 11.9. The molecule has 0 bridgehead atoms. The molecule has 0 aliphatic rings. The third-order valence-electron chi connectivity index (χ3n) is 3.08. The molecular weight excluding hydrogens is 304 g/mol. The Balaban J connectivity index is 2.18. The number of carbonyl (C=O) groups is 1. The van der Waals surface area contributed by atoms with Gasteiger partial charge in [0.25, 0.3) is 5.91 Å². The van der Waals surface area contributed by atoms with E-state index in [4.69, 9.17) is 0 Å². The number of aromatic nitrogens is 1. The lowest BCUT2D eigenvalue weighted by Gasteiger charge is -2.21. The number of amides is 1. The first-order valence-electron chi connectivity index (χ1n) is 6.27. The van der Waals surface area contributed by atoms with Gasteiger partial charge in [0.05, 0.1) is 0 Å². The second-order valence-electron chi connectivity index (χ2n) is 4.46. The van der Waals surface area contributed by atoms with E-state index in [0.717, 1.165) is 10.0 Å². The minimum Gasteiger partial charge on any atom is -0.345 e. The molecule has 1 heterocycles. The molecule has 0 radical (unpaired) electrons. The smallest absolute Gasteiger partial charge is 0.270 e. The number of hydrogen-bond donors (Lipinski definition) is 0. The van der Waals surface area contributed by atoms with Crippen molar-refractivity contribution >= 4 is 21.8 Å². The van der Waals surface area contributed by atoms with Crippen molar-refractivity contribution in [1.82, 2.24) is 9.47 Å². The molecule has 0 saturated heterocycles. The molecule has 1 amide bonds. The molecule has 0 aliphatic carbocycles. The lowest BCUT2D eigenvalue weighted by Crippen LogP contribution is -2.31. The summed E-state index contributed by atoms with van der Waals surface area (Å²) in [5, 5.41) is 0. The average molecular weight is 321 g/mol. The highest BCUT2D eigenvalue weighted by molar-refractivity contribution is 9.10. The van der Waals surface area contributed by atoms with E-state index in [0.29, 0.717) is 18.8 Å². The van der Waals surface area contributed by atoms with Gasteiger partial charge < -0.3 is 9.47 Å². The predicted molar refractivity (Wildman–Crippen MR) is 80.0 cm³/mol. The highest BCUT2D eigenvalue weighted by Gasteiger charge is 2.17. The highest BCUT2D eigenvalue weighted by atomic mass is 79.9. The Bertz CT molecular complexity index is 563. The zero-order valence-electron chi connectivity index (χ0n) is 11.1. The number of carbonyl (C=O) groups excluding carboxylic acids is 1. The summed E-state index contributed by atoms with van der Waals surface area (Å²) in [5.74, 6) is 0.0551. The Morgan fingerprint density at radius 1 is 1.32 bits per heavy atom. The van der Waals surface area contributed by atoms with E-state index < -0.39 is 0 Å². The fourth-order valence-corrected chi connectivity index (χ4v) is 2.55. The number of hydrogen-bond acceptors (Lipinski definition) is 1. The Hall–Kier alpha value is -1.55. The van der Waals surface area contributed by atoms with Crippen LogP contribution in [0.4, 0.5) is 0 Å². The average Bonchev–Trinajstić information content (AvgIpc) is 2.75. The lowest BCUT2D eigenvalue weighted by molar-refractivity contribution is 0.0743. The van der Waals surface area contributed by atoms with Crippen molar-refractivity contribution in [2.45, 2.75) is 13.5 Å². The summed E-state index contributed by atoms with van der Waals surface area (Å²) in [5.41, 5.74) is 1.84. The van der Waals surface area contributed by atoms with E-state index in [1.807, 2.05) is 66.0 Å². The van der Waals surface area contributed by atoms with Crippen LogP contribution in [0.1, 0.15) is 23.0 Å². The molecule has 2 aromatic rings. The standard InChI is InChI=1S/C15H17BrN2O/c1-3-18(10-12-7-5-4-6-8-12)15(19)14-9-13(16)11-17(14)2/h4-9,11H,3,10H2,1-2H3. The Morgan fingerprint density at radius 3 is 2.53 bits per heavy atom. The topological polar surface area (TPSA) is 25.2 Å². The van der Waals surface area contributed by atoms with Crippen LogP contribution in [-0.4, -0.2) is 21.9 Å². The quantitative estimate of drug-likeness (QED) is 0.847. The van der Waals surface area contributed by atoms with E-state index >= 15 is 0 Å². The van der Waals surface area contributed by atoms with Gasteiger partial charge in [0.1, 0.15) is 5.69 Å². The van der Waals surface area contributed by atoms with E-state index in [-0.39, 0.29) is 5.91 Å². The Morgan fingerprint density at radius 2 is 2.00 bits per heavy atom. The maximum atomic E-state index is 12.5. The minimum absolute atomic E-state index is 0.0551. The molecule has 1 aromatic carbocycles. The van der Waals surface area contributed by atoms with Crippen LogP contribution in [0.2, 0.25) is 0 Å². The second-order valence-corrected chi connectivity index (χ2v) is 5.38. The number of halogens is 1. The minimum atomic E-state index is 0.0551. The van der Waals surface area contributed by atoms with Gasteiger partial charge in [-0.2, -0.15) is 0 Å². The van der Waals surface area contributed by atoms with Crippen LogP contribution in [-0.2, 0) is 13.6 Å². The van der Waals surface area contributed by atoms with Gasteiger partial charge in [-0.15, -0.1) is 0 Å². The van der Waals surface area contributed by atoms with Crippen LogP contribution in [0.25, 0.3) is 0 Å². The largest absolute Gasteiger partial charge is 0.345 e. The van der Waals surface area contributed by atoms with Gasteiger partial charge in [-0.1, -0.05) is 30.3 Å². The maximum Gasteiger partial charge on any atom is 0.270 e. The summed E-state index contributed by atoms with van der Waals surface area (Å²) in [4.78, 5) is 14.3. The van der Waals surface area contributed by atoms with Crippen molar-refractivity contribution < 1.29 is 4.79 Å². The molecule has 0 aliphatic heterocycles. The molecule has 0 unspecified atom stereocenters. The molecule has 4 heteroatoms. The third kappa shape index (κ3) is 3.26. The highest BCUT2D eigenvalue weighted by Crippen LogP contribution is 2.16. The van der Waals surface area contributed by atoms with Gasteiger partial charge in [-0.25, -0.2) is 0 Å². The first kappa shape index (κ1) is 13.9. The predicted octanol–water partition coefficient (Wildman–Crippen LogP) is 3.45. The van der Waals surface area contributed by atoms with Crippen LogP contribution < -0.4 is 0 Å². The molecule has 0 fully saturated rings. The lowest BCUT2D eigenvalue weighted by atomic mass is 10.2. The van der Waals surface area contributed by atoms with Crippen LogP contribution in [0.15, 0.2) is 47.1 Å². The molecular formula is C15H17BrN2O. The fourth-order valence-electron chi connectivity index (χ4n) is 2.03. The molecule has 0 N–H and O–H groups in total. The van der Waals surface area contributed by atoms with Gasteiger partial charge in [-0.05, 0) is 34.5 Å². The number of nitrogens with zero attached hydrogens (tertiary/aromatic N) is 2. The van der Waals surface area contributed by atoms with E-state index in [1.165, 1.54) is 0 Å². The summed E-state index contributed by atoms with van der Waals surface area (Å²) < 4.78 is 2.77. The van der Waals surface area contributed by atoms with E-state index in [9.17, 15) is 4.79 Å². The monoisotopic (exact) mass is 320 g/mol. The van der Waals surface area contributed by atoms with Gasteiger partial charge >= 0.3 is 0 Å². The molecule has 0 atom stereocenters. The molecule has 100 valence electrons. The van der Waals surface area contributed by atoms with Crippen LogP contribution >= 0.6 is 15.9 Å². The molecule has 19 heavy (non-hydrogen) atoms. The fraction of sp³-hybridized carbons (Fsp3) is 0.267. The van der Waals surface area contributed by atoms with Crippen LogP contribution in [0.5, 0.6) is 0 Å². The molecule has 2 rings (SSSR count). The normalized spacial score (nSPS) is 10.5. The second kappa shape index (κ2) is 6.06. The first-order chi connectivity index (χ1) is 9.11. The van der Waals surface area contributed by atoms with E-state index in [1.54, 1.807) is 0 Å². The van der Waals surface area contributed by atoms with Crippen molar-refractivity contribution in [3.63, 3.8) is 0 Å². The van der Waals surface area contributed by atoms with E-state index in [2.05, 4.69) is 15.9 Å². The van der Waals surface area contributed by atoms with Crippen LogP contribution in [0, 0.1) is 0 Å². The zero-order chi connectivity index (χ0) is 13.8. The molecule has 0 spiro atoms. The van der Waals surface area contributed by atoms with Crippen molar-refractivity contribution in [3.05, 3.63) is 58.3 Å². The summed E-state index contributed by atoms with van der Waals surface area (Å²) >= 11 is 3.40. The van der Waals surface area contributed by atoms with Crippen molar-refractivity contribution in [3.8, 4) is 0 Å². The SMILES string of the molecule is CCN(Cc1ccccc1)C(=O)c1cc(Br)cn1C. The summed E-state index contributed by atoms with van der Waals surface area (Å²) in [7, 11) is 1.88. The number of benzene rings is 1. The summed E-state index contributed by atoms with van der Waals surface area (Å²) in [6.07, 6.45) is 1.89.